The number of benzene rings is 2. The van der Waals surface area contributed by atoms with Crippen molar-refractivity contribution in [3.8, 4) is 0 Å². The Morgan fingerprint density at radius 2 is 1.77 bits per heavy atom. The third-order valence-electron chi connectivity index (χ3n) is 4.03. The molecule has 136 valence electrons. The molecule has 0 saturated carbocycles. The molecule has 26 heavy (non-hydrogen) atoms. The molecule has 0 aliphatic rings. The van der Waals surface area contributed by atoms with Crippen LogP contribution in [-0.2, 0) is 27.3 Å². The normalized spacial score (nSPS) is 10.2. The molecule has 0 radical (unpaired) electrons. The van der Waals surface area contributed by atoms with Crippen LogP contribution in [0.3, 0.4) is 0 Å². The zero-order chi connectivity index (χ0) is 19.1. The van der Waals surface area contributed by atoms with Crippen LogP contribution in [0, 0.1) is 17.0 Å². The first-order chi connectivity index (χ1) is 12.4. The molecule has 0 aliphatic carbocycles. The van der Waals surface area contributed by atoms with E-state index in [-0.39, 0.29) is 31.1 Å². The summed E-state index contributed by atoms with van der Waals surface area (Å²) in [4.78, 5) is 36.0. The molecule has 2 aromatic carbocycles. The van der Waals surface area contributed by atoms with Gasteiger partial charge in [-0.3, -0.25) is 19.7 Å². The molecule has 2 aromatic rings. The molecule has 0 saturated heterocycles. The largest absolute Gasteiger partial charge is 0.468 e. The number of methoxy groups -OCH3 is 1. The molecule has 7 nitrogen and oxygen atoms in total. The summed E-state index contributed by atoms with van der Waals surface area (Å²) in [6, 6.07) is 13.4. The predicted octanol–water partition coefficient (Wildman–Crippen LogP) is 2.65. The van der Waals surface area contributed by atoms with E-state index in [0.717, 1.165) is 11.1 Å². The lowest BCUT2D eigenvalue weighted by Gasteiger charge is -2.22. The fraction of sp³-hybridized carbons (Fsp3) is 0.263. The molecule has 0 heterocycles. The number of esters is 1. The van der Waals surface area contributed by atoms with E-state index >= 15 is 0 Å². The van der Waals surface area contributed by atoms with Crippen molar-refractivity contribution in [3.63, 3.8) is 0 Å². The van der Waals surface area contributed by atoms with Crippen molar-refractivity contribution in [3.05, 3.63) is 75.3 Å². The molecule has 0 aliphatic heterocycles. The number of non-ortho nitro benzene ring substituents is 1. The smallest absolute Gasteiger partial charge is 0.325 e. The van der Waals surface area contributed by atoms with Gasteiger partial charge < -0.3 is 9.64 Å². The third-order valence-corrected chi connectivity index (χ3v) is 4.03. The monoisotopic (exact) mass is 356 g/mol. The van der Waals surface area contributed by atoms with Gasteiger partial charge in [-0.15, -0.1) is 0 Å². The number of carbonyl (C=O) groups is 2. The molecule has 7 heteroatoms. The molecule has 1 amide bonds. The molecule has 0 aromatic heterocycles. The highest BCUT2D eigenvalue weighted by molar-refractivity contribution is 5.83. The Bertz CT molecular complexity index is 802. The fourth-order valence-electron chi connectivity index (χ4n) is 2.47. The minimum atomic E-state index is -0.504. The summed E-state index contributed by atoms with van der Waals surface area (Å²) in [5.74, 6) is -0.761. The summed E-state index contributed by atoms with van der Waals surface area (Å²) in [6.45, 7) is 2.07. The number of hydrogen-bond acceptors (Lipinski definition) is 5. The highest BCUT2D eigenvalue weighted by Crippen LogP contribution is 2.15. The van der Waals surface area contributed by atoms with Gasteiger partial charge in [0.15, 0.2) is 0 Å². The van der Waals surface area contributed by atoms with Crippen LogP contribution in [-0.4, -0.2) is 35.4 Å². The maximum absolute atomic E-state index is 12.7. The molecule has 0 fully saturated rings. The van der Waals surface area contributed by atoms with Crippen LogP contribution < -0.4 is 0 Å². The van der Waals surface area contributed by atoms with Crippen molar-refractivity contribution in [1.29, 1.82) is 0 Å². The van der Waals surface area contributed by atoms with Crippen molar-refractivity contribution < 1.29 is 19.2 Å². The van der Waals surface area contributed by atoms with Gasteiger partial charge in [-0.25, -0.2) is 0 Å². The number of rotatable bonds is 7. The van der Waals surface area contributed by atoms with Gasteiger partial charge in [0.05, 0.1) is 18.5 Å². The Hall–Kier alpha value is -3.22. The lowest BCUT2D eigenvalue weighted by Crippen LogP contribution is -2.36. The van der Waals surface area contributed by atoms with Crippen LogP contribution in [0.15, 0.2) is 48.5 Å². The van der Waals surface area contributed by atoms with E-state index in [0.29, 0.717) is 5.56 Å². The highest BCUT2D eigenvalue weighted by atomic mass is 16.6. The molecule has 2 rings (SSSR count). The number of aryl methyl sites for hydroxylation is 1. The van der Waals surface area contributed by atoms with E-state index in [9.17, 15) is 19.7 Å². The van der Waals surface area contributed by atoms with Gasteiger partial charge in [0.25, 0.3) is 5.69 Å². The second-order valence-electron chi connectivity index (χ2n) is 5.85. The summed E-state index contributed by atoms with van der Waals surface area (Å²) >= 11 is 0. The quantitative estimate of drug-likeness (QED) is 0.432. The summed E-state index contributed by atoms with van der Waals surface area (Å²) in [7, 11) is 1.27. The lowest BCUT2D eigenvalue weighted by atomic mass is 10.1. The number of hydrogen-bond donors (Lipinski definition) is 0. The van der Waals surface area contributed by atoms with Crippen molar-refractivity contribution >= 4 is 17.6 Å². The first-order valence-electron chi connectivity index (χ1n) is 8.03. The summed E-state index contributed by atoms with van der Waals surface area (Å²) in [5.41, 5.74) is 2.56. The van der Waals surface area contributed by atoms with Crippen molar-refractivity contribution in [2.75, 3.05) is 13.7 Å². The van der Waals surface area contributed by atoms with Crippen molar-refractivity contribution in [2.24, 2.45) is 0 Å². The Labute approximate surface area is 151 Å². The van der Waals surface area contributed by atoms with Gasteiger partial charge in [0, 0.05) is 18.7 Å². The van der Waals surface area contributed by atoms with E-state index in [1.54, 1.807) is 12.1 Å². The number of ether oxygens (including phenoxy) is 1. The molecular formula is C19H20N2O5. The molecule has 0 spiro atoms. The number of nitro benzene ring substituents is 1. The van der Waals surface area contributed by atoms with Crippen LogP contribution in [0.4, 0.5) is 5.69 Å². The molecular weight excluding hydrogens is 336 g/mol. The molecule has 0 atom stereocenters. The van der Waals surface area contributed by atoms with Gasteiger partial charge >= 0.3 is 5.97 Å². The number of nitro groups is 1. The topological polar surface area (TPSA) is 89.8 Å². The van der Waals surface area contributed by atoms with Crippen LogP contribution in [0.2, 0.25) is 0 Å². The van der Waals surface area contributed by atoms with Gasteiger partial charge in [0.1, 0.15) is 6.54 Å². The van der Waals surface area contributed by atoms with E-state index in [1.807, 2.05) is 31.2 Å². The van der Waals surface area contributed by atoms with Gasteiger partial charge in [-0.05, 0) is 23.6 Å². The first-order valence-corrected chi connectivity index (χ1v) is 8.03. The maximum atomic E-state index is 12.7. The first kappa shape index (κ1) is 19.1. The zero-order valence-corrected chi connectivity index (χ0v) is 14.7. The van der Waals surface area contributed by atoms with E-state index in [2.05, 4.69) is 4.74 Å². The van der Waals surface area contributed by atoms with Crippen LogP contribution in [0.25, 0.3) is 0 Å². The Kier molecular flexibility index (Phi) is 6.43. The zero-order valence-electron chi connectivity index (χ0n) is 14.7. The molecule has 0 unspecified atom stereocenters. The summed E-state index contributed by atoms with van der Waals surface area (Å²) < 4.78 is 4.68. The Balaban J connectivity index is 2.15. The van der Waals surface area contributed by atoms with Crippen molar-refractivity contribution in [1.82, 2.24) is 4.90 Å². The second kappa shape index (κ2) is 8.75. The average Bonchev–Trinajstić information content (AvgIpc) is 2.63. The SMILES string of the molecule is COC(=O)CN(Cc1ccccc1C)C(=O)Cc1ccc([N+](=O)[O-])cc1. The summed E-state index contributed by atoms with van der Waals surface area (Å²) in [5, 5.41) is 10.7. The van der Waals surface area contributed by atoms with Gasteiger partial charge in [0.2, 0.25) is 5.91 Å². The molecule has 0 bridgehead atoms. The lowest BCUT2D eigenvalue weighted by molar-refractivity contribution is -0.384. The van der Waals surface area contributed by atoms with Crippen molar-refractivity contribution in [2.45, 2.75) is 19.9 Å². The minimum Gasteiger partial charge on any atom is -0.468 e. The minimum absolute atomic E-state index is 0.0347. The van der Waals surface area contributed by atoms with Crippen LogP contribution >= 0.6 is 0 Å². The van der Waals surface area contributed by atoms with E-state index in [4.69, 9.17) is 0 Å². The molecule has 0 N–H and O–H groups in total. The highest BCUT2D eigenvalue weighted by Gasteiger charge is 2.19. The van der Waals surface area contributed by atoms with Crippen LogP contribution in [0.5, 0.6) is 0 Å². The maximum Gasteiger partial charge on any atom is 0.325 e. The number of nitrogens with zero attached hydrogens (tertiary/aromatic N) is 2. The predicted molar refractivity (Wildman–Crippen MR) is 95.4 cm³/mol. The summed E-state index contributed by atoms with van der Waals surface area (Å²) in [6.07, 6.45) is 0.0425. The standard InChI is InChI=1S/C19H20N2O5/c1-14-5-3-4-6-16(14)12-20(13-19(23)26-2)18(22)11-15-7-9-17(10-8-15)21(24)25/h3-10H,11-13H2,1-2H3. The van der Waals surface area contributed by atoms with E-state index < -0.39 is 10.9 Å². The van der Waals surface area contributed by atoms with Gasteiger partial charge in [-0.2, -0.15) is 0 Å². The van der Waals surface area contributed by atoms with E-state index in [1.165, 1.54) is 24.1 Å². The Morgan fingerprint density at radius 3 is 2.35 bits per heavy atom. The Morgan fingerprint density at radius 1 is 1.12 bits per heavy atom. The third kappa shape index (κ3) is 5.14. The number of carbonyl (C=O) groups excluding carboxylic acids is 2. The fourth-order valence-corrected chi connectivity index (χ4v) is 2.47. The van der Waals surface area contributed by atoms with Crippen LogP contribution in [0.1, 0.15) is 16.7 Å². The average molecular weight is 356 g/mol. The second-order valence-corrected chi connectivity index (χ2v) is 5.85. The number of amides is 1. The van der Waals surface area contributed by atoms with Gasteiger partial charge in [-0.1, -0.05) is 36.4 Å².